The molecule has 0 radical (unpaired) electrons. The van der Waals surface area contributed by atoms with Crippen LogP contribution in [-0.4, -0.2) is 64.3 Å². The maximum Gasteiger partial charge on any atom is 0.178 e. The fourth-order valence-corrected chi connectivity index (χ4v) is 6.65. The van der Waals surface area contributed by atoms with Crippen LogP contribution in [0.2, 0.25) is 0 Å². The lowest BCUT2D eigenvalue weighted by Gasteiger charge is -2.32. The summed E-state index contributed by atoms with van der Waals surface area (Å²) < 4.78 is 25.3. The van der Waals surface area contributed by atoms with Crippen LogP contribution in [0.15, 0.2) is 6.07 Å². The molecule has 26 heavy (non-hydrogen) atoms. The third-order valence-corrected chi connectivity index (χ3v) is 8.08. The lowest BCUT2D eigenvalue weighted by molar-refractivity contribution is 0.185. The molecule has 5 rings (SSSR count). The van der Waals surface area contributed by atoms with E-state index in [0.717, 1.165) is 63.2 Å². The van der Waals surface area contributed by atoms with Crippen molar-refractivity contribution in [3.8, 4) is 0 Å². The van der Waals surface area contributed by atoms with Crippen molar-refractivity contribution in [3.05, 3.63) is 23.1 Å². The first-order chi connectivity index (χ1) is 12.6. The van der Waals surface area contributed by atoms with Gasteiger partial charge in [0.05, 0.1) is 17.2 Å². The van der Waals surface area contributed by atoms with E-state index in [1.54, 1.807) is 0 Å². The lowest BCUT2D eigenvalue weighted by Crippen LogP contribution is -2.37. The summed E-state index contributed by atoms with van der Waals surface area (Å²) in [6, 6.07) is 2.15. The summed E-state index contributed by atoms with van der Waals surface area (Å²) in [5.41, 5.74) is 3.41. The molecule has 0 amide bonds. The van der Waals surface area contributed by atoms with Crippen molar-refractivity contribution in [1.29, 1.82) is 0 Å². The Balaban J connectivity index is 1.26. The Morgan fingerprint density at radius 2 is 1.96 bits per heavy atom. The van der Waals surface area contributed by atoms with Crippen molar-refractivity contribution < 1.29 is 8.42 Å². The van der Waals surface area contributed by atoms with Gasteiger partial charge in [-0.2, -0.15) is 9.61 Å². The summed E-state index contributed by atoms with van der Waals surface area (Å²) in [5.74, 6) is 2.44. The van der Waals surface area contributed by atoms with E-state index in [4.69, 9.17) is 5.10 Å². The van der Waals surface area contributed by atoms with E-state index in [2.05, 4.69) is 21.2 Å². The number of sulfone groups is 1. The van der Waals surface area contributed by atoms with Crippen LogP contribution >= 0.6 is 0 Å². The predicted molar refractivity (Wildman–Crippen MR) is 98.0 cm³/mol. The molecule has 2 aromatic rings. The van der Waals surface area contributed by atoms with Crippen molar-refractivity contribution >= 4 is 15.5 Å². The summed E-state index contributed by atoms with van der Waals surface area (Å²) in [6.07, 6.45) is 6.26. The van der Waals surface area contributed by atoms with Gasteiger partial charge >= 0.3 is 0 Å². The van der Waals surface area contributed by atoms with Gasteiger partial charge in [0.2, 0.25) is 0 Å². The number of aryl methyl sites for hydroxylation is 2. The minimum Gasteiger partial charge on any atom is -0.303 e. The molecule has 2 fully saturated rings. The number of aromatic nitrogens is 4. The highest BCUT2D eigenvalue weighted by molar-refractivity contribution is 7.91. The summed E-state index contributed by atoms with van der Waals surface area (Å²) in [7, 11) is -2.78. The molecule has 0 spiro atoms. The smallest absolute Gasteiger partial charge is 0.178 e. The number of fused-ring (bicyclic) bond motifs is 2. The van der Waals surface area contributed by atoms with Crippen molar-refractivity contribution in [2.75, 3.05) is 31.1 Å². The summed E-state index contributed by atoms with van der Waals surface area (Å²) in [4.78, 5) is 2.43. The van der Waals surface area contributed by atoms with E-state index >= 15 is 0 Å². The zero-order valence-corrected chi connectivity index (χ0v) is 15.8. The predicted octanol–water partition coefficient (Wildman–Crippen LogP) is 1.23. The highest BCUT2D eigenvalue weighted by atomic mass is 32.2. The van der Waals surface area contributed by atoms with Crippen LogP contribution in [-0.2, 0) is 22.7 Å². The third kappa shape index (κ3) is 3.03. The molecule has 0 N–H and O–H groups in total. The SMILES string of the molecule is O=S1(=O)CCC(CN2CCC(c3nnc4cc5c(nn34)CCC5)CC2)C1. The standard InChI is InChI=1S/C18H25N5O2S/c24-26(25)9-6-13(12-26)11-22-7-4-14(5-8-22)18-20-19-17-10-15-2-1-3-16(15)21-23(17)18/h10,13-14H,1-9,11-12H2. The van der Waals surface area contributed by atoms with Gasteiger partial charge in [-0.15, -0.1) is 10.2 Å². The van der Waals surface area contributed by atoms with Crippen molar-refractivity contribution in [1.82, 2.24) is 24.7 Å². The van der Waals surface area contributed by atoms with E-state index in [-0.39, 0.29) is 0 Å². The Hall–Kier alpha value is -1.54. The molecule has 1 atom stereocenters. The quantitative estimate of drug-likeness (QED) is 0.803. The molecule has 4 heterocycles. The first-order valence-electron chi connectivity index (χ1n) is 9.74. The summed E-state index contributed by atoms with van der Waals surface area (Å²) in [5, 5.41) is 13.6. The van der Waals surface area contributed by atoms with E-state index < -0.39 is 9.84 Å². The van der Waals surface area contributed by atoms with E-state index in [1.807, 2.05) is 4.52 Å². The molecule has 3 aliphatic rings. The molecule has 2 aromatic heterocycles. The number of likely N-dealkylation sites (tertiary alicyclic amines) is 1. The summed E-state index contributed by atoms with van der Waals surface area (Å²) in [6.45, 7) is 2.92. The van der Waals surface area contributed by atoms with Crippen molar-refractivity contribution in [3.63, 3.8) is 0 Å². The van der Waals surface area contributed by atoms with E-state index in [9.17, 15) is 8.42 Å². The van der Waals surface area contributed by atoms with Gasteiger partial charge in [0.25, 0.3) is 0 Å². The number of nitrogens with zero attached hydrogens (tertiary/aromatic N) is 5. The number of rotatable bonds is 3. The maximum atomic E-state index is 11.7. The Kier molecular flexibility index (Phi) is 4.01. The molecule has 140 valence electrons. The first kappa shape index (κ1) is 16.6. The normalized spacial score (nSPS) is 26.5. The molecule has 0 saturated carbocycles. The maximum absolute atomic E-state index is 11.7. The van der Waals surface area contributed by atoms with Gasteiger partial charge in [0, 0.05) is 12.5 Å². The largest absolute Gasteiger partial charge is 0.303 e. The monoisotopic (exact) mass is 375 g/mol. The van der Waals surface area contributed by atoms with Crippen LogP contribution in [0.25, 0.3) is 5.65 Å². The van der Waals surface area contributed by atoms with Crippen LogP contribution in [0, 0.1) is 5.92 Å². The zero-order valence-electron chi connectivity index (χ0n) is 15.0. The Morgan fingerprint density at radius 1 is 1.12 bits per heavy atom. The van der Waals surface area contributed by atoms with Crippen molar-refractivity contribution in [2.45, 2.75) is 44.4 Å². The third-order valence-electron chi connectivity index (χ3n) is 6.24. The minimum absolute atomic E-state index is 0.315. The first-order valence-corrected chi connectivity index (χ1v) is 11.6. The number of piperidine rings is 1. The molecular formula is C18H25N5O2S. The molecule has 0 aromatic carbocycles. The Bertz CT molecular complexity index is 930. The van der Waals surface area contributed by atoms with Crippen LogP contribution in [0.1, 0.15) is 48.7 Å². The summed E-state index contributed by atoms with van der Waals surface area (Å²) >= 11 is 0. The topological polar surface area (TPSA) is 80.5 Å². The van der Waals surface area contributed by atoms with Crippen LogP contribution in [0.5, 0.6) is 0 Å². The minimum atomic E-state index is -2.78. The van der Waals surface area contributed by atoms with Crippen LogP contribution in [0.4, 0.5) is 0 Å². The van der Waals surface area contributed by atoms with Gasteiger partial charge in [0.15, 0.2) is 21.3 Å². The number of hydrogen-bond donors (Lipinski definition) is 0. The van der Waals surface area contributed by atoms with Gasteiger partial charge in [-0.25, -0.2) is 8.42 Å². The molecule has 8 heteroatoms. The average molecular weight is 375 g/mol. The van der Waals surface area contributed by atoms with Gasteiger partial charge in [-0.05, 0) is 69.2 Å². The molecule has 1 unspecified atom stereocenters. The highest BCUT2D eigenvalue weighted by Crippen LogP contribution is 2.29. The molecule has 0 bridgehead atoms. The average Bonchev–Trinajstić information content (AvgIpc) is 3.32. The fourth-order valence-electron chi connectivity index (χ4n) is 4.80. The molecule has 1 aliphatic carbocycles. The van der Waals surface area contributed by atoms with Crippen LogP contribution < -0.4 is 0 Å². The second kappa shape index (κ2) is 6.27. The van der Waals surface area contributed by atoms with E-state index in [1.165, 1.54) is 17.7 Å². The van der Waals surface area contributed by atoms with Gasteiger partial charge in [-0.3, -0.25) is 0 Å². The Morgan fingerprint density at radius 3 is 2.73 bits per heavy atom. The van der Waals surface area contributed by atoms with E-state index in [0.29, 0.717) is 23.3 Å². The second-order valence-corrected chi connectivity index (χ2v) is 10.4. The van der Waals surface area contributed by atoms with Gasteiger partial charge in [0.1, 0.15) is 0 Å². The molecule has 2 aliphatic heterocycles. The highest BCUT2D eigenvalue weighted by Gasteiger charge is 2.31. The van der Waals surface area contributed by atoms with Crippen LogP contribution in [0.3, 0.4) is 0 Å². The lowest BCUT2D eigenvalue weighted by atomic mass is 9.95. The second-order valence-electron chi connectivity index (χ2n) is 8.14. The zero-order chi connectivity index (χ0) is 17.7. The fraction of sp³-hybridized carbons (Fsp3) is 0.722. The number of hydrogen-bond acceptors (Lipinski definition) is 6. The molecule has 7 nitrogen and oxygen atoms in total. The van der Waals surface area contributed by atoms with Crippen molar-refractivity contribution in [2.24, 2.45) is 5.92 Å². The van der Waals surface area contributed by atoms with Gasteiger partial charge in [-0.1, -0.05) is 0 Å². The Labute approximate surface area is 153 Å². The van der Waals surface area contributed by atoms with Gasteiger partial charge < -0.3 is 4.90 Å². The molecular weight excluding hydrogens is 350 g/mol. The molecule has 2 saturated heterocycles.